The second-order valence-electron chi connectivity index (χ2n) is 5.66. The lowest BCUT2D eigenvalue weighted by Crippen LogP contribution is -2.49. The largest absolute Gasteiger partial charge is 0.383 e. The summed E-state index contributed by atoms with van der Waals surface area (Å²) in [5, 5.41) is 0. The lowest BCUT2D eigenvalue weighted by molar-refractivity contribution is -0.135. The van der Waals surface area contributed by atoms with Crippen LogP contribution in [0, 0.1) is 11.7 Å². The summed E-state index contributed by atoms with van der Waals surface area (Å²) in [6.07, 6.45) is 2.86. The van der Waals surface area contributed by atoms with Gasteiger partial charge in [0.25, 0.3) is 0 Å². The Morgan fingerprint density at radius 1 is 1.38 bits per heavy atom. The van der Waals surface area contributed by atoms with Crippen molar-refractivity contribution in [3.8, 4) is 0 Å². The van der Waals surface area contributed by atoms with E-state index in [9.17, 15) is 9.18 Å². The van der Waals surface area contributed by atoms with Crippen molar-refractivity contribution in [2.75, 3.05) is 26.8 Å². The average molecular weight is 294 g/mol. The first-order chi connectivity index (χ1) is 10.1. The van der Waals surface area contributed by atoms with Crippen molar-refractivity contribution in [2.45, 2.75) is 25.3 Å². The van der Waals surface area contributed by atoms with Crippen LogP contribution in [-0.4, -0.2) is 43.7 Å². The van der Waals surface area contributed by atoms with E-state index >= 15 is 0 Å². The van der Waals surface area contributed by atoms with Crippen LogP contribution in [0.3, 0.4) is 0 Å². The molecule has 116 valence electrons. The van der Waals surface area contributed by atoms with Crippen LogP contribution in [0.2, 0.25) is 0 Å². The van der Waals surface area contributed by atoms with Gasteiger partial charge in [-0.05, 0) is 42.9 Å². The Morgan fingerprint density at radius 2 is 2.00 bits per heavy atom. The SMILES string of the molecule is COCC(N)C(=O)N1CCC(Cc2ccc(F)cc2)CC1. The molecule has 1 atom stereocenters. The van der Waals surface area contributed by atoms with Gasteiger partial charge in [0.1, 0.15) is 11.9 Å². The van der Waals surface area contributed by atoms with Gasteiger partial charge in [-0.1, -0.05) is 12.1 Å². The van der Waals surface area contributed by atoms with Crippen molar-refractivity contribution in [3.63, 3.8) is 0 Å². The van der Waals surface area contributed by atoms with E-state index in [1.807, 2.05) is 17.0 Å². The van der Waals surface area contributed by atoms with Gasteiger partial charge in [-0.3, -0.25) is 4.79 Å². The number of methoxy groups -OCH3 is 1. The smallest absolute Gasteiger partial charge is 0.241 e. The van der Waals surface area contributed by atoms with E-state index in [2.05, 4.69) is 0 Å². The van der Waals surface area contributed by atoms with E-state index in [1.54, 1.807) is 7.11 Å². The molecule has 5 heteroatoms. The fourth-order valence-electron chi connectivity index (χ4n) is 2.80. The van der Waals surface area contributed by atoms with Crippen molar-refractivity contribution in [1.82, 2.24) is 4.90 Å². The Kier molecular flexibility index (Phi) is 5.70. The summed E-state index contributed by atoms with van der Waals surface area (Å²) >= 11 is 0. The molecule has 2 N–H and O–H groups in total. The molecule has 1 amide bonds. The quantitative estimate of drug-likeness (QED) is 0.897. The molecule has 21 heavy (non-hydrogen) atoms. The second kappa shape index (κ2) is 7.52. The predicted molar refractivity (Wildman–Crippen MR) is 79.3 cm³/mol. The first-order valence-electron chi connectivity index (χ1n) is 7.38. The highest BCUT2D eigenvalue weighted by Gasteiger charge is 2.26. The number of piperidine rings is 1. The summed E-state index contributed by atoms with van der Waals surface area (Å²) in [6, 6.07) is 6.10. The number of benzene rings is 1. The summed E-state index contributed by atoms with van der Waals surface area (Å²) in [7, 11) is 1.54. The summed E-state index contributed by atoms with van der Waals surface area (Å²) in [5.41, 5.74) is 6.93. The topological polar surface area (TPSA) is 55.6 Å². The minimum atomic E-state index is -0.566. The minimum absolute atomic E-state index is 0.0305. The molecular weight excluding hydrogens is 271 g/mol. The van der Waals surface area contributed by atoms with Crippen molar-refractivity contribution in [1.29, 1.82) is 0 Å². The Balaban J connectivity index is 1.80. The van der Waals surface area contributed by atoms with Crippen molar-refractivity contribution >= 4 is 5.91 Å². The van der Waals surface area contributed by atoms with Gasteiger partial charge in [-0.2, -0.15) is 0 Å². The molecule has 1 fully saturated rings. The molecule has 1 saturated heterocycles. The Morgan fingerprint density at radius 3 is 2.57 bits per heavy atom. The van der Waals surface area contributed by atoms with E-state index in [0.29, 0.717) is 5.92 Å². The lowest BCUT2D eigenvalue weighted by atomic mass is 9.90. The second-order valence-corrected chi connectivity index (χ2v) is 5.66. The number of ether oxygens (including phenoxy) is 1. The van der Waals surface area contributed by atoms with Gasteiger partial charge in [0, 0.05) is 20.2 Å². The number of likely N-dealkylation sites (tertiary alicyclic amines) is 1. The maximum atomic E-state index is 12.9. The van der Waals surface area contributed by atoms with Crippen LogP contribution >= 0.6 is 0 Å². The third-order valence-electron chi connectivity index (χ3n) is 4.03. The van der Waals surface area contributed by atoms with Crippen LogP contribution in [0.1, 0.15) is 18.4 Å². The first-order valence-corrected chi connectivity index (χ1v) is 7.38. The van der Waals surface area contributed by atoms with Crippen molar-refractivity contribution in [3.05, 3.63) is 35.6 Å². The number of hydrogen-bond acceptors (Lipinski definition) is 3. The summed E-state index contributed by atoms with van der Waals surface area (Å²) in [6.45, 7) is 1.73. The first kappa shape index (κ1) is 15.9. The number of carbonyl (C=O) groups is 1. The summed E-state index contributed by atoms with van der Waals surface area (Å²) < 4.78 is 17.8. The van der Waals surface area contributed by atoms with Crippen LogP contribution in [0.5, 0.6) is 0 Å². The van der Waals surface area contributed by atoms with E-state index < -0.39 is 6.04 Å². The molecule has 0 aliphatic carbocycles. The standard InChI is InChI=1S/C16H23FN2O2/c1-21-11-15(18)16(20)19-8-6-13(7-9-19)10-12-2-4-14(17)5-3-12/h2-5,13,15H,6-11,18H2,1H3. The summed E-state index contributed by atoms with van der Waals surface area (Å²) in [4.78, 5) is 13.9. The maximum Gasteiger partial charge on any atom is 0.241 e. The molecular formula is C16H23FN2O2. The fourth-order valence-corrected chi connectivity index (χ4v) is 2.80. The predicted octanol–water partition coefficient (Wildman–Crippen LogP) is 1.58. The van der Waals surface area contributed by atoms with E-state index in [-0.39, 0.29) is 18.3 Å². The zero-order valence-corrected chi connectivity index (χ0v) is 12.4. The molecule has 0 saturated carbocycles. The molecule has 1 aliphatic heterocycles. The van der Waals surface area contributed by atoms with E-state index in [4.69, 9.17) is 10.5 Å². The number of halogens is 1. The minimum Gasteiger partial charge on any atom is -0.383 e. The summed E-state index contributed by atoms with van der Waals surface area (Å²) in [5.74, 6) is 0.307. The highest BCUT2D eigenvalue weighted by Crippen LogP contribution is 2.22. The zero-order chi connectivity index (χ0) is 15.2. The van der Waals surface area contributed by atoms with Gasteiger partial charge in [0.15, 0.2) is 0 Å². The number of hydrogen-bond donors (Lipinski definition) is 1. The van der Waals surface area contributed by atoms with Gasteiger partial charge in [-0.25, -0.2) is 4.39 Å². The molecule has 1 unspecified atom stereocenters. The molecule has 1 aromatic carbocycles. The molecule has 1 aliphatic rings. The number of nitrogens with zero attached hydrogens (tertiary/aromatic N) is 1. The molecule has 4 nitrogen and oxygen atoms in total. The number of carbonyl (C=O) groups excluding carboxylic acids is 1. The third kappa shape index (κ3) is 4.51. The van der Waals surface area contributed by atoms with Gasteiger partial charge >= 0.3 is 0 Å². The fraction of sp³-hybridized carbons (Fsp3) is 0.562. The molecule has 1 aromatic rings. The lowest BCUT2D eigenvalue weighted by Gasteiger charge is -2.33. The number of amides is 1. The number of nitrogens with two attached hydrogens (primary N) is 1. The average Bonchev–Trinajstić information content (AvgIpc) is 2.50. The molecule has 1 heterocycles. The molecule has 0 spiro atoms. The Hall–Kier alpha value is -1.46. The Labute approximate surface area is 125 Å². The van der Waals surface area contributed by atoms with Crippen LogP contribution in [0.4, 0.5) is 4.39 Å². The van der Waals surface area contributed by atoms with Gasteiger partial charge in [0.05, 0.1) is 6.61 Å². The highest BCUT2D eigenvalue weighted by atomic mass is 19.1. The Bertz CT molecular complexity index is 456. The van der Waals surface area contributed by atoms with E-state index in [1.165, 1.54) is 12.1 Å². The highest BCUT2D eigenvalue weighted by molar-refractivity contribution is 5.81. The van der Waals surface area contributed by atoms with Crippen LogP contribution < -0.4 is 5.73 Å². The van der Waals surface area contributed by atoms with Gasteiger partial charge in [0.2, 0.25) is 5.91 Å². The van der Waals surface area contributed by atoms with Crippen LogP contribution in [-0.2, 0) is 16.0 Å². The third-order valence-corrected chi connectivity index (χ3v) is 4.03. The molecule has 0 aromatic heterocycles. The van der Waals surface area contributed by atoms with E-state index in [0.717, 1.165) is 37.9 Å². The molecule has 0 radical (unpaired) electrons. The molecule has 0 bridgehead atoms. The number of rotatable bonds is 5. The van der Waals surface area contributed by atoms with Gasteiger partial charge in [-0.15, -0.1) is 0 Å². The molecule has 2 rings (SSSR count). The monoisotopic (exact) mass is 294 g/mol. The van der Waals surface area contributed by atoms with Crippen molar-refractivity contribution < 1.29 is 13.9 Å². The van der Waals surface area contributed by atoms with Crippen molar-refractivity contribution in [2.24, 2.45) is 11.7 Å². The zero-order valence-electron chi connectivity index (χ0n) is 12.4. The van der Waals surface area contributed by atoms with Crippen LogP contribution in [0.15, 0.2) is 24.3 Å². The normalized spacial score (nSPS) is 17.8. The van der Waals surface area contributed by atoms with Gasteiger partial charge < -0.3 is 15.4 Å². The van der Waals surface area contributed by atoms with Crippen LogP contribution in [0.25, 0.3) is 0 Å². The maximum absolute atomic E-state index is 12.9.